The molecule has 0 saturated carbocycles. The summed E-state index contributed by atoms with van der Waals surface area (Å²) in [6.07, 6.45) is 0.942. The van der Waals surface area contributed by atoms with Crippen molar-refractivity contribution in [2.45, 2.75) is 13.3 Å². The smallest absolute Gasteiger partial charge is 0.382 e. The van der Waals surface area contributed by atoms with Crippen molar-refractivity contribution >= 4 is 16.1 Å². The molecule has 5 nitrogen and oxygen atoms in total. The lowest BCUT2D eigenvalue weighted by atomic mass is 10.2. The van der Waals surface area contributed by atoms with Crippen LogP contribution in [-0.4, -0.2) is 15.0 Å². The number of fused-ring (bicyclic) bond motifs is 1. The minimum atomic E-state index is -3.89. The molecule has 6 heteroatoms. The molecule has 0 saturated heterocycles. The molecule has 0 amide bonds. The highest BCUT2D eigenvalue weighted by molar-refractivity contribution is 7.82. The average Bonchev–Trinajstić information content (AvgIpc) is 2.49. The van der Waals surface area contributed by atoms with Gasteiger partial charge in [0.25, 0.3) is 0 Å². The molecular weight excluding hydrogens is 218 g/mol. The maximum Gasteiger partial charge on any atom is 0.501 e. The van der Waals surface area contributed by atoms with E-state index in [1.807, 2.05) is 6.92 Å². The zero-order valence-electron chi connectivity index (χ0n) is 8.19. The van der Waals surface area contributed by atoms with Gasteiger partial charge in [-0.25, -0.2) is 0 Å². The first-order valence-corrected chi connectivity index (χ1v) is 5.96. The fraction of sp³-hybridized carbons (Fsp3) is 0.333. The van der Waals surface area contributed by atoms with Gasteiger partial charge in [0.2, 0.25) is 5.75 Å². The summed E-state index contributed by atoms with van der Waals surface area (Å²) in [6, 6.07) is 5.01. The van der Waals surface area contributed by atoms with Gasteiger partial charge >= 0.3 is 10.4 Å². The van der Waals surface area contributed by atoms with Crippen LogP contribution >= 0.6 is 0 Å². The van der Waals surface area contributed by atoms with E-state index in [0.717, 1.165) is 13.0 Å². The van der Waals surface area contributed by atoms with Crippen LogP contribution in [0.25, 0.3) is 0 Å². The van der Waals surface area contributed by atoms with Crippen LogP contribution in [0.3, 0.4) is 0 Å². The molecule has 0 radical (unpaired) electrons. The molecule has 1 heterocycles. The summed E-state index contributed by atoms with van der Waals surface area (Å²) in [5.41, 5.74) is 0.635. The Balaban J connectivity index is 2.33. The van der Waals surface area contributed by atoms with Crippen LogP contribution in [0, 0.1) is 0 Å². The highest BCUT2D eigenvalue weighted by Crippen LogP contribution is 2.41. The first-order valence-electron chi connectivity index (χ1n) is 4.63. The van der Waals surface area contributed by atoms with Crippen LogP contribution in [0.15, 0.2) is 18.2 Å². The molecule has 0 aromatic heterocycles. The molecule has 0 fully saturated rings. The Bertz CT molecular complexity index is 469. The van der Waals surface area contributed by atoms with Crippen LogP contribution in [0.2, 0.25) is 0 Å². The van der Waals surface area contributed by atoms with Gasteiger partial charge in [-0.1, -0.05) is 13.0 Å². The van der Waals surface area contributed by atoms with Crippen LogP contribution in [0.4, 0.5) is 5.69 Å². The summed E-state index contributed by atoms with van der Waals surface area (Å²) in [5, 5.41) is 3.06. The third-order valence-corrected chi connectivity index (χ3v) is 2.68. The lowest BCUT2D eigenvalue weighted by Crippen LogP contribution is -2.08. The van der Waals surface area contributed by atoms with E-state index in [1.165, 1.54) is 0 Å². The molecule has 0 bridgehead atoms. The van der Waals surface area contributed by atoms with E-state index in [0.29, 0.717) is 5.69 Å². The first kappa shape index (κ1) is 10.1. The van der Waals surface area contributed by atoms with Crippen LogP contribution in [0.5, 0.6) is 11.5 Å². The average molecular weight is 229 g/mol. The second-order valence-electron chi connectivity index (χ2n) is 3.13. The fourth-order valence-corrected chi connectivity index (χ4v) is 2.06. The molecule has 0 atom stereocenters. The third kappa shape index (κ3) is 1.99. The molecule has 1 aliphatic heterocycles. The van der Waals surface area contributed by atoms with E-state index in [4.69, 9.17) is 4.18 Å². The number of benzene rings is 1. The minimum Gasteiger partial charge on any atom is -0.382 e. The van der Waals surface area contributed by atoms with E-state index < -0.39 is 10.4 Å². The SMILES string of the molecule is CCCNc1cccc2c1OS(=O)(=O)O2. The molecule has 0 unspecified atom stereocenters. The number of nitrogens with one attached hydrogen (secondary N) is 1. The summed E-state index contributed by atoms with van der Waals surface area (Å²) >= 11 is 0. The van der Waals surface area contributed by atoms with Crippen LogP contribution < -0.4 is 13.7 Å². The van der Waals surface area contributed by atoms with Gasteiger partial charge < -0.3 is 13.7 Å². The van der Waals surface area contributed by atoms with E-state index in [9.17, 15) is 8.42 Å². The van der Waals surface area contributed by atoms with Gasteiger partial charge in [0.05, 0.1) is 5.69 Å². The Labute approximate surface area is 88.3 Å². The molecular formula is C9H11NO4S. The van der Waals surface area contributed by atoms with E-state index in [1.54, 1.807) is 18.2 Å². The highest BCUT2D eigenvalue weighted by Gasteiger charge is 2.30. The molecule has 1 N–H and O–H groups in total. The quantitative estimate of drug-likeness (QED) is 0.851. The normalized spacial score (nSPS) is 16.3. The molecule has 82 valence electrons. The Morgan fingerprint density at radius 1 is 1.33 bits per heavy atom. The number of hydrogen-bond acceptors (Lipinski definition) is 5. The van der Waals surface area contributed by atoms with Crippen molar-refractivity contribution in [2.24, 2.45) is 0 Å². The standard InChI is InChI=1S/C9H11NO4S/c1-2-6-10-7-4-3-5-8-9(7)14-15(11,12)13-8/h3-5,10H,2,6H2,1H3. The Morgan fingerprint density at radius 3 is 2.87 bits per heavy atom. The monoisotopic (exact) mass is 229 g/mol. The first-order chi connectivity index (χ1) is 7.12. The maximum absolute atomic E-state index is 11.0. The zero-order valence-corrected chi connectivity index (χ0v) is 9.00. The van der Waals surface area contributed by atoms with Gasteiger partial charge in [-0.05, 0) is 18.6 Å². The van der Waals surface area contributed by atoms with Crippen molar-refractivity contribution in [2.75, 3.05) is 11.9 Å². The predicted octanol–water partition coefficient (Wildman–Crippen LogP) is 1.52. The van der Waals surface area contributed by atoms with Gasteiger partial charge in [0.1, 0.15) is 0 Å². The van der Waals surface area contributed by atoms with Crippen molar-refractivity contribution < 1.29 is 16.8 Å². The van der Waals surface area contributed by atoms with Gasteiger partial charge in [-0.15, -0.1) is 8.42 Å². The number of para-hydroxylation sites is 1. The zero-order chi connectivity index (χ0) is 10.9. The van der Waals surface area contributed by atoms with Crippen molar-refractivity contribution in [3.05, 3.63) is 18.2 Å². The number of anilines is 1. The largest absolute Gasteiger partial charge is 0.501 e. The molecule has 0 aliphatic carbocycles. The number of rotatable bonds is 3. The Morgan fingerprint density at radius 2 is 2.13 bits per heavy atom. The Kier molecular flexibility index (Phi) is 2.44. The maximum atomic E-state index is 11.0. The fourth-order valence-electron chi connectivity index (χ4n) is 1.30. The van der Waals surface area contributed by atoms with Crippen molar-refractivity contribution in [3.8, 4) is 11.5 Å². The molecule has 2 rings (SSSR count). The summed E-state index contributed by atoms with van der Waals surface area (Å²) in [5.74, 6) is 0.474. The van der Waals surface area contributed by atoms with E-state index in [-0.39, 0.29) is 11.5 Å². The van der Waals surface area contributed by atoms with E-state index >= 15 is 0 Å². The molecule has 15 heavy (non-hydrogen) atoms. The lowest BCUT2D eigenvalue weighted by Gasteiger charge is -2.05. The summed E-state index contributed by atoms with van der Waals surface area (Å²) in [4.78, 5) is 0. The Hall–Kier alpha value is -1.43. The van der Waals surface area contributed by atoms with Gasteiger partial charge in [0, 0.05) is 6.54 Å². The second-order valence-corrected chi connectivity index (χ2v) is 4.28. The molecule has 1 aliphatic rings. The third-order valence-electron chi connectivity index (χ3n) is 1.92. The summed E-state index contributed by atoms with van der Waals surface area (Å²) in [6.45, 7) is 2.77. The van der Waals surface area contributed by atoms with E-state index in [2.05, 4.69) is 9.50 Å². The predicted molar refractivity (Wildman–Crippen MR) is 55.4 cm³/mol. The lowest BCUT2D eigenvalue weighted by molar-refractivity contribution is 0.436. The van der Waals surface area contributed by atoms with Crippen molar-refractivity contribution in [1.82, 2.24) is 0 Å². The second kappa shape index (κ2) is 3.62. The van der Waals surface area contributed by atoms with Gasteiger partial charge in [-0.3, -0.25) is 0 Å². The van der Waals surface area contributed by atoms with Crippen molar-refractivity contribution in [3.63, 3.8) is 0 Å². The highest BCUT2D eigenvalue weighted by atomic mass is 32.3. The summed E-state index contributed by atoms with van der Waals surface area (Å²) in [7, 11) is -3.89. The molecule has 0 spiro atoms. The number of hydrogen-bond donors (Lipinski definition) is 1. The van der Waals surface area contributed by atoms with Gasteiger partial charge in [-0.2, -0.15) is 0 Å². The summed E-state index contributed by atoms with van der Waals surface area (Å²) < 4.78 is 31.4. The van der Waals surface area contributed by atoms with Gasteiger partial charge in [0.15, 0.2) is 5.75 Å². The molecule has 1 aromatic carbocycles. The molecule has 1 aromatic rings. The van der Waals surface area contributed by atoms with Crippen LogP contribution in [-0.2, 0) is 10.4 Å². The van der Waals surface area contributed by atoms with Crippen molar-refractivity contribution in [1.29, 1.82) is 0 Å². The van der Waals surface area contributed by atoms with Crippen LogP contribution in [0.1, 0.15) is 13.3 Å². The minimum absolute atomic E-state index is 0.233. The topological polar surface area (TPSA) is 64.6 Å².